The SMILES string of the molecule is CO[C@@H]1/C=C/C=C(\C)CC2=CC(=C(Cl)C(O)C2)N(C)C(=O)C[C@H](OC(=O)CBr)[C@]2(C)O[C@H]2[C@H](C)[C@@H]2C[C@@]1(O)NC(=O)O2. The summed E-state index contributed by atoms with van der Waals surface area (Å²) in [5, 5.41) is 24.8. The number of methoxy groups -OCH3 is 1. The van der Waals surface area contributed by atoms with Crippen LogP contribution < -0.4 is 5.32 Å². The van der Waals surface area contributed by atoms with E-state index in [-0.39, 0.29) is 23.2 Å². The van der Waals surface area contributed by atoms with Crippen LogP contribution in [0.15, 0.2) is 46.2 Å². The molecule has 8 atom stereocenters. The average Bonchev–Trinajstić information content (AvgIpc) is 3.62. The number of likely N-dealkylation sites (N-methyl/N-ethyl adjacent to an activating group) is 1. The van der Waals surface area contributed by atoms with Crippen molar-refractivity contribution in [1.29, 1.82) is 0 Å². The first-order valence-corrected chi connectivity index (χ1v) is 15.3. The summed E-state index contributed by atoms with van der Waals surface area (Å²) >= 11 is 9.59. The van der Waals surface area contributed by atoms with E-state index in [2.05, 4.69) is 21.2 Å². The highest BCUT2D eigenvalue weighted by molar-refractivity contribution is 9.09. The number of aliphatic hydroxyl groups is 2. The predicted molar refractivity (Wildman–Crippen MR) is 156 cm³/mol. The largest absolute Gasteiger partial charge is 0.458 e. The van der Waals surface area contributed by atoms with Crippen molar-refractivity contribution in [2.75, 3.05) is 19.5 Å². The molecule has 0 saturated carbocycles. The standard InChI is InChI=1S/C29H38BrClN2O9/c1-15-7-6-8-21(39-5)29(38)13-20(40-27(37)32-29)16(2)26-28(3,42-26)22(41-24(36)14-30)12-23(35)33(4)18-10-17(9-15)11-19(34)25(18)31/h6-8,10,16,19-22,26,34,38H,9,11-14H2,1-5H3,(H,32,37)/b8-6+,15-7+/t16-,19?,20+,21-,22+,26+,28+,29+/m1/s1. The molecule has 0 aromatic heterocycles. The molecule has 2 fully saturated rings. The Labute approximate surface area is 258 Å². The molecule has 42 heavy (non-hydrogen) atoms. The number of hydrogen-bond donors (Lipinski definition) is 3. The molecular formula is C29H38BrClN2O9. The number of esters is 1. The van der Waals surface area contributed by atoms with Gasteiger partial charge in [0.05, 0.1) is 29.4 Å². The zero-order valence-electron chi connectivity index (χ0n) is 24.3. The molecule has 232 valence electrons. The Morgan fingerprint density at radius 2 is 2.05 bits per heavy atom. The average molecular weight is 674 g/mol. The van der Waals surface area contributed by atoms with Gasteiger partial charge in [-0.15, -0.1) is 0 Å². The van der Waals surface area contributed by atoms with Crippen LogP contribution in [0.3, 0.4) is 0 Å². The lowest BCUT2D eigenvalue weighted by atomic mass is 9.83. The molecule has 0 radical (unpaired) electrons. The monoisotopic (exact) mass is 672 g/mol. The predicted octanol–water partition coefficient (Wildman–Crippen LogP) is 3.18. The first-order valence-electron chi connectivity index (χ1n) is 13.8. The minimum absolute atomic E-state index is 0.00760. The molecule has 11 nitrogen and oxygen atoms in total. The van der Waals surface area contributed by atoms with Crippen molar-refractivity contribution in [3.05, 3.63) is 46.2 Å². The van der Waals surface area contributed by atoms with E-state index in [0.29, 0.717) is 18.5 Å². The van der Waals surface area contributed by atoms with Gasteiger partial charge in [0.1, 0.15) is 29.2 Å². The number of carbonyl (C=O) groups excluding carboxylic acids is 3. The van der Waals surface area contributed by atoms with Crippen LogP contribution in [0, 0.1) is 5.92 Å². The Hall–Kier alpha value is -2.22. The number of allylic oxidation sites excluding steroid dienone is 4. The van der Waals surface area contributed by atoms with Crippen LogP contribution in [-0.2, 0) is 28.5 Å². The molecule has 0 aromatic carbocycles. The van der Waals surface area contributed by atoms with E-state index in [1.54, 1.807) is 32.2 Å². The third-order valence-electron chi connectivity index (χ3n) is 8.39. The van der Waals surface area contributed by atoms with Crippen molar-refractivity contribution >= 4 is 45.5 Å². The highest BCUT2D eigenvalue weighted by Gasteiger charge is 2.64. The lowest BCUT2D eigenvalue weighted by Crippen LogP contribution is -2.63. The van der Waals surface area contributed by atoms with E-state index in [1.807, 2.05) is 19.9 Å². The molecule has 1 aliphatic carbocycles. The van der Waals surface area contributed by atoms with Crippen molar-refractivity contribution in [3.63, 3.8) is 0 Å². The Morgan fingerprint density at radius 1 is 1.33 bits per heavy atom. The minimum Gasteiger partial charge on any atom is -0.458 e. The van der Waals surface area contributed by atoms with Gasteiger partial charge in [0.2, 0.25) is 5.91 Å². The van der Waals surface area contributed by atoms with Gasteiger partial charge in [0.25, 0.3) is 0 Å². The molecule has 4 aliphatic rings. The molecule has 13 heteroatoms. The number of epoxide rings is 1. The number of aliphatic hydroxyl groups excluding tert-OH is 1. The van der Waals surface area contributed by atoms with Gasteiger partial charge in [-0.2, -0.15) is 0 Å². The van der Waals surface area contributed by atoms with E-state index in [1.165, 1.54) is 12.0 Å². The van der Waals surface area contributed by atoms with Gasteiger partial charge in [0, 0.05) is 32.9 Å². The van der Waals surface area contributed by atoms with Gasteiger partial charge < -0.3 is 34.1 Å². The van der Waals surface area contributed by atoms with E-state index in [9.17, 15) is 24.6 Å². The number of alkyl halides is 1. The third-order valence-corrected chi connectivity index (χ3v) is 9.29. The fourth-order valence-electron chi connectivity index (χ4n) is 5.91. The van der Waals surface area contributed by atoms with Crippen LogP contribution in [0.5, 0.6) is 0 Å². The Kier molecular flexibility index (Phi) is 9.96. The van der Waals surface area contributed by atoms with Gasteiger partial charge >= 0.3 is 12.1 Å². The third kappa shape index (κ3) is 6.79. The number of ether oxygens (including phenoxy) is 4. The van der Waals surface area contributed by atoms with Crippen molar-refractivity contribution < 1.29 is 43.5 Å². The van der Waals surface area contributed by atoms with Crippen molar-refractivity contribution in [2.45, 2.75) is 88.3 Å². The van der Waals surface area contributed by atoms with Gasteiger partial charge in [0.15, 0.2) is 5.72 Å². The van der Waals surface area contributed by atoms with Crippen molar-refractivity contribution in [3.8, 4) is 0 Å². The highest BCUT2D eigenvalue weighted by Crippen LogP contribution is 2.49. The van der Waals surface area contributed by atoms with Gasteiger partial charge in [-0.1, -0.05) is 63.8 Å². The van der Waals surface area contributed by atoms with Crippen LogP contribution in [-0.4, -0.2) is 94.4 Å². The summed E-state index contributed by atoms with van der Waals surface area (Å²) in [6, 6.07) is 0. The Bertz CT molecular complexity index is 1240. The maximum Gasteiger partial charge on any atom is 0.409 e. The number of carbonyl (C=O) groups is 3. The summed E-state index contributed by atoms with van der Waals surface area (Å²) in [5.41, 5.74) is -0.703. The molecule has 0 spiro atoms. The first kappa shape index (κ1) is 32.7. The van der Waals surface area contributed by atoms with Crippen LogP contribution in [0.1, 0.15) is 46.5 Å². The fourth-order valence-corrected chi connectivity index (χ4v) is 6.30. The highest BCUT2D eigenvalue weighted by atomic mass is 79.9. The second-order valence-corrected chi connectivity index (χ2v) is 12.5. The number of halogens is 2. The topological polar surface area (TPSA) is 147 Å². The Balaban J connectivity index is 1.75. The van der Waals surface area contributed by atoms with Crippen LogP contribution in [0.2, 0.25) is 0 Å². The normalized spacial score (nSPS) is 39.7. The second kappa shape index (κ2) is 12.8. The first-order chi connectivity index (χ1) is 19.7. The van der Waals surface area contributed by atoms with Crippen LogP contribution in [0.25, 0.3) is 0 Å². The van der Waals surface area contributed by atoms with E-state index < -0.39 is 65.7 Å². The lowest BCUT2D eigenvalue weighted by molar-refractivity contribution is -0.151. The zero-order valence-corrected chi connectivity index (χ0v) is 26.6. The molecule has 3 heterocycles. The number of nitrogens with one attached hydrogen (secondary N) is 1. The van der Waals surface area contributed by atoms with E-state index >= 15 is 0 Å². The van der Waals surface area contributed by atoms with E-state index in [0.717, 1.165) is 11.1 Å². The summed E-state index contributed by atoms with van der Waals surface area (Å²) in [5.74, 6) is -1.43. The lowest BCUT2D eigenvalue weighted by Gasteiger charge is -2.42. The molecule has 1 unspecified atom stereocenters. The quantitative estimate of drug-likeness (QED) is 0.234. The number of alkyl carbamates (subject to hydrolysis) is 1. The number of rotatable bonds is 3. The molecule has 4 rings (SSSR count). The van der Waals surface area contributed by atoms with Gasteiger partial charge in [-0.3, -0.25) is 14.9 Å². The summed E-state index contributed by atoms with van der Waals surface area (Å²) in [7, 11) is 2.99. The molecule has 3 aliphatic heterocycles. The number of nitrogens with zero attached hydrogens (tertiary/aromatic N) is 1. The van der Waals surface area contributed by atoms with Gasteiger partial charge in [-0.25, -0.2) is 4.79 Å². The van der Waals surface area contributed by atoms with Crippen molar-refractivity contribution in [2.24, 2.45) is 5.92 Å². The second-order valence-electron chi connectivity index (χ2n) is 11.5. The number of hydrogen-bond acceptors (Lipinski definition) is 9. The molecule has 4 bridgehead atoms. The summed E-state index contributed by atoms with van der Waals surface area (Å²) < 4.78 is 22.9. The number of amides is 2. The van der Waals surface area contributed by atoms with E-state index in [4.69, 9.17) is 30.5 Å². The van der Waals surface area contributed by atoms with Crippen LogP contribution in [0.4, 0.5) is 4.79 Å². The van der Waals surface area contributed by atoms with Crippen LogP contribution >= 0.6 is 27.5 Å². The maximum atomic E-state index is 13.6. The molecule has 2 saturated heterocycles. The Morgan fingerprint density at radius 3 is 2.71 bits per heavy atom. The summed E-state index contributed by atoms with van der Waals surface area (Å²) in [6.45, 7) is 5.45. The summed E-state index contributed by atoms with van der Waals surface area (Å²) in [6.07, 6.45) is 2.54. The molecule has 3 N–H and O–H groups in total. The molecule has 0 aromatic rings. The molecule has 2 amide bonds. The number of fused-ring (bicyclic) bond motifs is 4. The maximum absolute atomic E-state index is 13.6. The van der Waals surface area contributed by atoms with Crippen molar-refractivity contribution in [1.82, 2.24) is 10.2 Å². The fraction of sp³-hybridized carbons (Fsp3) is 0.621. The summed E-state index contributed by atoms with van der Waals surface area (Å²) in [4.78, 5) is 39.9. The smallest absolute Gasteiger partial charge is 0.409 e. The minimum atomic E-state index is -1.78. The zero-order chi connectivity index (χ0) is 31.0. The molecular weight excluding hydrogens is 636 g/mol. The van der Waals surface area contributed by atoms with Gasteiger partial charge in [-0.05, 0) is 26.3 Å².